The van der Waals surface area contributed by atoms with Crippen LogP contribution in [0.2, 0.25) is 0 Å². The second-order valence-corrected chi connectivity index (χ2v) is 5.79. The number of carboxylic acid groups (broad SMARTS) is 1. The fourth-order valence-electron chi connectivity index (χ4n) is 2.87. The van der Waals surface area contributed by atoms with Crippen LogP contribution in [0.3, 0.4) is 0 Å². The molecule has 6 nitrogen and oxygen atoms in total. The summed E-state index contributed by atoms with van der Waals surface area (Å²) in [5.41, 5.74) is -0.352. The predicted molar refractivity (Wildman–Crippen MR) is 84.0 cm³/mol. The molecule has 1 aromatic rings. The molecule has 0 unspecified atom stereocenters. The van der Waals surface area contributed by atoms with Gasteiger partial charge in [0, 0.05) is 26.5 Å². The van der Waals surface area contributed by atoms with Gasteiger partial charge in [0.15, 0.2) is 0 Å². The molecule has 1 aliphatic carbocycles. The Balaban J connectivity index is 2.07. The van der Waals surface area contributed by atoms with Crippen molar-refractivity contribution < 1.29 is 24.2 Å². The van der Waals surface area contributed by atoms with Gasteiger partial charge >= 0.3 is 12.1 Å². The van der Waals surface area contributed by atoms with Crippen LogP contribution in [-0.4, -0.2) is 47.4 Å². The molecular formula is C17H23NO5. The molecule has 0 heterocycles. The zero-order chi connectivity index (χ0) is 16.9. The summed E-state index contributed by atoms with van der Waals surface area (Å²) in [6.07, 6.45) is 0.520. The standard InChI is InChI=1S/C17H23NO5/c1-3-9-18(17(15(19)20)10-14(11-17)22-2)16(21)23-12-13-7-5-4-6-8-13/h4-8,14H,3,9-12H2,1-2H3,(H,19,20). The van der Waals surface area contributed by atoms with Crippen LogP contribution in [0.15, 0.2) is 30.3 Å². The molecule has 0 spiro atoms. The summed E-state index contributed by atoms with van der Waals surface area (Å²) in [6.45, 7) is 2.37. The highest BCUT2D eigenvalue weighted by Gasteiger charge is 2.57. The molecule has 1 fully saturated rings. The summed E-state index contributed by atoms with van der Waals surface area (Å²) in [4.78, 5) is 25.5. The van der Waals surface area contributed by atoms with E-state index in [4.69, 9.17) is 9.47 Å². The van der Waals surface area contributed by atoms with Gasteiger partial charge in [-0.3, -0.25) is 4.90 Å². The number of carboxylic acids is 1. The Kier molecular flexibility index (Phi) is 5.60. The average molecular weight is 321 g/mol. The highest BCUT2D eigenvalue weighted by Crippen LogP contribution is 2.40. The maximum absolute atomic E-state index is 12.4. The second kappa shape index (κ2) is 7.46. The first kappa shape index (κ1) is 17.3. The molecule has 1 N–H and O–H groups in total. The van der Waals surface area contributed by atoms with Crippen molar-refractivity contribution in [3.63, 3.8) is 0 Å². The van der Waals surface area contributed by atoms with Crippen molar-refractivity contribution in [2.24, 2.45) is 0 Å². The largest absolute Gasteiger partial charge is 0.479 e. The van der Waals surface area contributed by atoms with Crippen LogP contribution in [0.25, 0.3) is 0 Å². The first-order valence-corrected chi connectivity index (χ1v) is 7.78. The SMILES string of the molecule is CCCN(C(=O)OCc1ccccc1)C1(C(=O)O)CC(OC)C1. The van der Waals surface area contributed by atoms with Gasteiger partial charge in [-0.15, -0.1) is 0 Å². The number of carbonyl (C=O) groups excluding carboxylic acids is 1. The summed E-state index contributed by atoms with van der Waals surface area (Å²) < 4.78 is 10.5. The fraction of sp³-hybridized carbons (Fsp3) is 0.529. The van der Waals surface area contributed by atoms with Crippen LogP contribution in [0.1, 0.15) is 31.7 Å². The highest BCUT2D eigenvalue weighted by atomic mass is 16.6. The summed E-state index contributed by atoms with van der Waals surface area (Å²) in [5.74, 6) is -1.00. The van der Waals surface area contributed by atoms with Crippen LogP contribution < -0.4 is 0 Å². The Labute approximate surface area is 136 Å². The van der Waals surface area contributed by atoms with Gasteiger partial charge in [-0.1, -0.05) is 37.3 Å². The molecule has 126 valence electrons. The van der Waals surface area contributed by atoms with Crippen LogP contribution in [0.5, 0.6) is 0 Å². The van der Waals surface area contributed by atoms with Gasteiger partial charge in [0.2, 0.25) is 0 Å². The molecule has 0 atom stereocenters. The second-order valence-electron chi connectivity index (χ2n) is 5.79. The van der Waals surface area contributed by atoms with E-state index in [0.29, 0.717) is 25.8 Å². The molecule has 0 aromatic heterocycles. The number of hydrogen-bond donors (Lipinski definition) is 1. The number of benzene rings is 1. The lowest BCUT2D eigenvalue weighted by molar-refractivity contribution is -0.168. The monoisotopic (exact) mass is 321 g/mol. The molecule has 0 saturated heterocycles. The van der Waals surface area contributed by atoms with Crippen molar-refractivity contribution in [1.82, 2.24) is 4.90 Å². The minimum Gasteiger partial charge on any atom is -0.479 e. The molecule has 0 bridgehead atoms. The minimum atomic E-state index is -1.22. The average Bonchev–Trinajstić information content (AvgIpc) is 2.51. The minimum absolute atomic E-state index is 0.128. The number of carbonyl (C=O) groups is 2. The third kappa shape index (κ3) is 3.64. The van der Waals surface area contributed by atoms with Gasteiger partial charge < -0.3 is 14.6 Å². The van der Waals surface area contributed by atoms with Crippen LogP contribution in [0, 0.1) is 0 Å². The van der Waals surface area contributed by atoms with Gasteiger partial charge in [0.1, 0.15) is 12.1 Å². The third-order valence-electron chi connectivity index (χ3n) is 4.25. The van der Waals surface area contributed by atoms with E-state index >= 15 is 0 Å². The van der Waals surface area contributed by atoms with Gasteiger partial charge in [0.05, 0.1) is 6.10 Å². The van der Waals surface area contributed by atoms with Crippen molar-refractivity contribution in [3.05, 3.63) is 35.9 Å². The van der Waals surface area contributed by atoms with E-state index in [0.717, 1.165) is 5.56 Å². The third-order valence-corrected chi connectivity index (χ3v) is 4.25. The number of methoxy groups -OCH3 is 1. The van der Waals surface area contributed by atoms with Crippen LogP contribution in [-0.2, 0) is 20.9 Å². The maximum Gasteiger partial charge on any atom is 0.411 e. The molecule has 2 rings (SSSR count). The Bertz CT molecular complexity index is 539. The van der Waals surface area contributed by atoms with Gasteiger partial charge in [-0.05, 0) is 12.0 Å². The van der Waals surface area contributed by atoms with E-state index in [2.05, 4.69) is 0 Å². The lowest BCUT2D eigenvalue weighted by Gasteiger charge is -2.49. The van der Waals surface area contributed by atoms with E-state index < -0.39 is 17.6 Å². The maximum atomic E-state index is 12.4. The van der Waals surface area contributed by atoms with Crippen molar-refractivity contribution in [1.29, 1.82) is 0 Å². The van der Waals surface area contributed by atoms with E-state index in [1.165, 1.54) is 4.90 Å². The van der Waals surface area contributed by atoms with E-state index in [-0.39, 0.29) is 12.7 Å². The number of nitrogens with zero attached hydrogens (tertiary/aromatic N) is 1. The lowest BCUT2D eigenvalue weighted by Crippen LogP contribution is -2.66. The Morgan fingerprint density at radius 2 is 1.96 bits per heavy atom. The Morgan fingerprint density at radius 3 is 2.48 bits per heavy atom. The molecule has 23 heavy (non-hydrogen) atoms. The molecule has 0 radical (unpaired) electrons. The summed E-state index contributed by atoms with van der Waals surface area (Å²) in [7, 11) is 1.55. The fourth-order valence-corrected chi connectivity index (χ4v) is 2.87. The van der Waals surface area contributed by atoms with Crippen molar-refractivity contribution >= 4 is 12.1 Å². The topological polar surface area (TPSA) is 76.1 Å². The predicted octanol–water partition coefficient (Wildman–Crippen LogP) is 2.67. The molecule has 1 amide bonds. The van der Waals surface area contributed by atoms with Gasteiger partial charge in [-0.25, -0.2) is 9.59 Å². The normalized spacial score (nSPS) is 23.0. The van der Waals surface area contributed by atoms with E-state index in [9.17, 15) is 14.7 Å². The van der Waals surface area contributed by atoms with Crippen molar-refractivity contribution in [2.75, 3.05) is 13.7 Å². The van der Waals surface area contributed by atoms with Crippen molar-refractivity contribution in [2.45, 2.75) is 44.4 Å². The van der Waals surface area contributed by atoms with Gasteiger partial charge in [-0.2, -0.15) is 0 Å². The summed E-state index contributed by atoms with van der Waals surface area (Å²) >= 11 is 0. The zero-order valence-corrected chi connectivity index (χ0v) is 13.5. The number of rotatable bonds is 7. The first-order valence-electron chi connectivity index (χ1n) is 7.78. The Morgan fingerprint density at radius 1 is 1.30 bits per heavy atom. The number of aliphatic carboxylic acids is 1. The molecule has 0 aliphatic heterocycles. The Hall–Kier alpha value is -2.08. The molecule has 6 heteroatoms. The smallest absolute Gasteiger partial charge is 0.411 e. The van der Waals surface area contributed by atoms with E-state index in [1.54, 1.807) is 7.11 Å². The van der Waals surface area contributed by atoms with Gasteiger partial charge in [0.25, 0.3) is 0 Å². The molecular weight excluding hydrogens is 298 g/mol. The summed E-state index contributed by atoms with van der Waals surface area (Å²) in [6, 6.07) is 9.32. The van der Waals surface area contributed by atoms with Crippen molar-refractivity contribution in [3.8, 4) is 0 Å². The van der Waals surface area contributed by atoms with E-state index in [1.807, 2.05) is 37.3 Å². The molecule has 1 aliphatic rings. The first-order chi connectivity index (χ1) is 11.0. The van der Waals surface area contributed by atoms with Crippen LogP contribution in [0.4, 0.5) is 4.79 Å². The lowest BCUT2D eigenvalue weighted by atomic mass is 9.72. The highest BCUT2D eigenvalue weighted by molar-refractivity contribution is 5.85. The number of hydrogen-bond acceptors (Lipinski definition) is 4. The van der Waals surface area contributed by atoms with Crippen LogP contribution >= 0.6 is 0 Å². The zero-order valence-electron chi connectivity index (χ0n) is 13.5. The number of amides is 1. The number of ether oxygens (including phenoxy) is 2. The molecule has 1 aromatic carbocycles. The molecule has 1 saturated carbocycles. The summed E-state index contributed by atoms with van der Waals surface area (Å²) in [5, 5.41) is 9.62. The quantitative estimate of drug-likeness (QED) is 0.835.